The standard InChI is InChI=1S/C26H27NO9/c1-10-21(29)15(27)7-17(35-10)36-16-9-26(34,11(2)28)8-14-18(16)25(33)20-19(24(14)32)22(30)12-5-3-4-6-13(12)23(20)31/h3-6,10,15-17,21,29,32-34H,7-9,27H2,1-2H3/t10-,15-,16-,17-,21+,26+/m0/s1. The van der Waals surface area contributed by atoms with E-state index in [1.54, 1.807) is 19.1 Å². The van der Waals surface area contributed by atoms with E-state index in [1.807, 2.05) is 0 Å². The van der Waals surface area contributed by atoms with Crippen LogP contribution < -0.4 is 5.73 Å². The Morgan fingerprint density at radius 1 is 1.11 bits per heavy atom. The van der Waals surface area contributed by atoms with Gasteiger partial charge in [0.25, 0.3) is 0 Å². The number of rotatable bonds is 3. The van der Waals surface area contributed by atoms with Crippen molar-refractivity contribution in [1.29, 1.82) is 0 Å². The van der Waals surface area contributed by atoms with E-state index in [4.69, 9.17) is 15.2 Å². The zero-order chi connectivity index (χ0) is 26.1. The number of Topliss-reactive ketones (excluding diaryl/α,β-unsaturated/α-hetero) is 1. The topological polar surface area (TPSA) is 177 Å². The fourth-order valence-corrected chi connectivity index (χ4v) is 5.42. The monoisotopic (exact) mass is 497 g/mol. The van der Waals surface area contributed by atoms with Gasteiger partial charge in [-0.3, -0.25) is 14.4 Å². The lowest BCUT2D eigenvalue weighted by Crippen LogP contribution is -2.52. The first-order valence-electron chi connectivity index (χ1n) is 11.7. The van der Waals surface area contributed by atoms with Gasteiger partial charge in [0, 0.05) is 47.6 Å². The third-order valence-corrected chi connectivity index (χ3v) is 7.50. The van der Waals surface area contributed by atoms with Gasteiger partial charge in [-0.2, -0.15) is 0 Å². The molecule has 36 heavy (non-hydrogen) atoms. The molecule has 6 N–H and O–H groups in total. The fourth-order valence-electron chi connectivity index (χ4n) is 5.42. The van der Waals surface area contributed by atoms with Crippen molar-refractivity contribution in [1.82, 2.24) is 0 Å². The lowest BCUT2D eigenvalue weighted by Gasteiger charge is -2.42. The van der Waals surface area contributed by atoms with Gasteiger partial charge >= 0.3 is 0 Å². The van der Waals surface area contributed by atoms with Crippen molar-refractivity contribution in [2.24, 2.45) is 5.73 Å². The van der Waals surface area contributed by atoms with Crippen LogP contribution in [-0.4, -0.2) is 67.9 Å². The van der Waals surface area contributed by atoms with Gasteiger partial charge in [0.1, 0.15) is 17.1 Å². The molecule has 2 aliphatic carbocycles. The number of carbonyl (C=O) groups excluding carboxylic acids is 3. The maximum atomic E-state index is 13.3. The zero-order valence-electron chi connectivity index (χ0n) is 19.7. The molecule has 6 atom stereocenters. The number of fused-ring (bicyclic) bond motifs is 3. The molecule has 5 rings (SSSR count). The number of carbonyl (C=O) groups is 3. The normalized spacial score (nSPS) is 31.4. The molecule has 0 radical (unpaired) electrons. The summed E-state index contributed by atoms with van der Waals surface area (Å²) in [6, 6.07) is 5.40. The number of phenols is 2. The molecular weight excluding hydrogens is 470 g/mol. The summed E-state index contributed by atoms with van der Waals surface area (Å²) >= 11 is 0. The number of hydrogen-bond donors (Lipinski definition) is 5. The molecule has 1 aliphatic heterocycles. The third kappa shape index (κ3) is 3.56. The Morgan fingerprint density at radius 2 is 1.69 bits per heavy atom. The summed E-state index contributed by atoms with van der Waals surface area (Å²) in [6.45, 7) is 2.80. The van der Waals surface area contributed by atoms with Crippen molar-refractivity contribution in [2.75, 3.05) is 0 Å². The lowest BCUT2D eigenvalue weighted by molar-refractivity contribution is -0.247. The van der Waals surface area contributed by atoms with Crippen molar-refractivity contribution in [3.8, 4) is 11.5 Å². The second-order valence-corrected chi connectivity index (χ2v) is 9.80. The summed E-state index contributed by atoms with van der Waals surface area (Å²) in [7, 11) is 0. The van der Waals surface area contributed by atoms with Crippen LogP contribution in [0.15, 0.2) is 24.3 Å². The highest BCUT2D eigenvalue weighted by Gasteiger charge is 2.49. The van der Waals surface area contributed by atoms with Crippen molar-refractivity contribution in [2.45, 2.75) is 69.4 Å². The predicted octanol–water partition coefficient (Wildman–Crippen LogP) is 1.02. The van der Waals surface area contributed by atoms with Crippen molar-refractivity contribution in [3.63, 3.8) is 0 Å². The van der Waals surface area contributed by atoms with E-state index >= 15 is 0 Å². The maximum absolute atomic E-state index is 13.3. The number of phenolic OH excluding ortho intramolecular Hbond substituents is 2. The Hall–Kier alpha value is -3.15. The second kappa shape index (κ2) is 8.46. The van der Waals surface area contributed by atoms with Gasteiger partial charge in [-0.15, -0.1) is 0 Å². The van der Waals surface area contributed by atoms with Crippen LogP contribution >= 0.6 is 0 Å². The first-order valence-corrected chi connectivity index (χ1v) is 11.7. The van der Waals surface area contributed by atoms with Crippen LogP contribution in [0.25, 0.3) is 0 Å². The van der Waals surface area contributed by atoms with Crippen molar-refractivity contribution < 1.29 is 44.3 Å². The largest absolute Gasteiger partial charge is 0.507 e. The van der Waals surface area contributed by atoms with E-state index in [-0.39, 0.29) is 46.2 Å². The summed E-state index contributed by atoms with van der Waals surface area (Å²) in [5.41, 5.74) is 3.38. The predicted molar refractivity (Wildman–Crippen MR) is 124 cm³/mol. The number of aliphatic hydroxyl groups is 2. The fraction of sp³-hybridized carbons (Fsp3) is 0.423. The first-order chi connectivity index (χ1) is 16.9. The van der Waals surface area contributed by atoms with E-state index in [0.29, 0.717) is 0 Å². The molecule has 190 valence electrons. The van der Waals surface area contributed by atoms with Gasteiger partial charge < -0.3 is 35.6 Å². The molecule has 10 heteroatoms. The number of hydrogen-bond acceptors (Lipinski definition) is 10. The van der Waals surface area contributed by atoms with Gasteiger partial charge in [-0.1, -0.05) is 24.3 Å². The number of aliphatic hydroxyl groups excluding tert-OH is 1. The Kier molecular flexibility index (Phi) is 5.77. The molecule has 1 fully saturated rings. The number of nitrogens with two attached hydrogens (primary N) is 1. The average Bonchev–Trinajstić information content (AvgIpc) is 2.82. The van der Waals surface area contributed by atoms with E-state index in [0.717, 1.165) is 0 Å². The number of ketones is 3. The van der Waals surface area contributed by atoms with Crippen LogP contribution in [0.3, 0.4) is 0 Å². The summed E-state index contributed by atoms with van der Waals surface area (Å²) in [4.78, 5) is 39.0. The van der Waals surface area contributed by atoms with E-state index in [9.17, 15) is 34.8 Å². The van der Waals surface area contributed by atoms with Gasteiger partial charge in [-0.25, -0.2) is 0 Å². The minimum Gasteiger partial charge on any atom is -0.507 e. The molecule has 2 aromatic rings. The van der Waals surface area contributed by atoms with Gasteiger partial charge in [0.15, 0.2) is 23.6 Å². The highest BCUT2D eigenvalue weighted by Crippen LogP contribution is 2.51. The molecule has 0 amide bonds. The quantitative estimate of drug-likeness (QED) is 0.328. The van der Waals surface area contributed by atoms with Crippen LogP contribution in [0.5, 0.6) is 11.5 Å². The molecule has 2 aromatic carbocycles. The van der Waals surface area contributed by atoms with Crippen molar-refractivity contribution >= 4 is 17.3 Å². The molecular formula is C26H27NO9. The third-order valence-electron chi connectivity index (χ3n) is 7.50. The van der Waals surface area contributed by atoms with Crippen LogP contribution in [0.2, 0.25) is 0 Å². The first kappa shape index (κ1) is 24.5. The van der Waals surface area contributed by atoms with E-state index in [1.165, 1.54) is 19.1 Å². The SMILES string of the molecule is CC(=O)[C@@]1(O)Cc2c(O)c3c(c(O)c2[C@@H](O[C@H]2C[C@H](N)[C@H](O)[C@H](C)O2)C1)C(=O)c1ccccc1C3=O. The average molecular weight is 498 g/mol. The van der Waals surface area contributed by atoms with Crippen LogP contribution in [0.1, 0.15) is 75.8 Å². The summed E-state index contributed by atoms with van der Waals surface area (Å²) in [6.07, 6.45) is -4.38. The molecule has 3 aliphatic rings. The molecule has 1 saturated heterocycles. The molecule has 0 unspecified atom stereocenters. The van der Waals surface area contributed by atoms with Crippen molar-refractivity contribution in [3.05, 3.63) is 57.6 Å². The minimum atomic E-state index is -1.97. The number of benzene rings is 2. The molecule has 10 nitrogen and oxygen atoms in total. The smallest absolute Gasteiger partial charge is 0.198 e. The molecule has 1 heterocycles. The number of aromatic hydroxyl groups is 2. The minimum absolute atomic E-state index is 0.00588. The van der Waals surface area contributed by atoms with Crippen LogP contribution in [-0.2, 0) is 20.7 Å². The highest BCUT2D eigenvalue weighted by atomic mass is 16.7. The maximum Gasteiger partial charge on any atom is 0.198 e. The molecule has 0 bridgehead atoms. The second-order valence-electron chi connectivity index (χ2n) is 9.80. The zero-order valence-corrected chi connectivity index (χ0v) is 19.7. The van der Waals surface area contributed by atoms with Crippen LogP contribution in [0.4, 0.5) is 0 Å². The molecule has 0 spiro atoms. The highest BCUT2D eigenvalue weighted by molar-refractivity contribution is 6.30. The number of ether oxygens (including phenoxy) is 2. The summed E-state index contributed by atoms with van der Waals surface area (Å²) in [5, 5.41) is 43.8. The van der Waals surface area contributed by atoms with E-state index < -0.39 is 71.5 Å². The van der Waals surface area contributed by atoms with Crippen LogP contribution in [0, 0.1) is 0 Å². The van der Waals surface area contributed by atoms with Gasteiger partial charge in [-0.05, 0) is 13.8 Å². The van der Waals surface area contributed by atoms with E-state index in [2.05, 4.69) is 0 Å². The molecule has 0 aromatic heterocycles. The van der Waals surface area contributed by atoms with Gasteiger partial charge in [0.05, 0.1) is 29.4 Å². The Labute approximate surface area is 206 Å². The lowest BCUT2D eigenvalue weighted by atomic mass is 9.72. The Morgan fingerprint density at radius 3 is 2.25 bits per heavy atom. The summed E-state index contributed by atoms with van der Waals surface area (Å²) < 4.78 is 11.8. The Balaban J connectivity index is 1.66. The van der Waals surface area contributed by atoms with Gasteiger partial charge in [0.2, 0.25) is 0 Å². The Bertz CT molecular complexity index is 1290. The molecule has 0 saturated carbocycles. The summed E-state index contributed by atoms with van der Waals surface area (Å²) in [5.74, 6) is -3.06.